The first kappa shape index (κ1) is 14.2. The SMILES string of the molecule is COC(=O)C1C2CC3C(NS(=O)(=O)C31)C2OS(C)(=O)=O. The lowest BCUT2D eigenvalue weighted by atomic mass is 9.84. The van der Waals surface area contributed by atoms with Crippen LogP contribution in [0.1, 0.15) is 6.42 Å². The molecule has 8 nitrogen and oxygen atoms in total. The highest BCUT2D eigenvalue weighted by atomic mass is 32.2. The number of rotatable bonds is 3. The van der Waals surface area contributed by atoms with Crippen LogP contribution < -0.4 is 4.72 Å². The van der Waals surface area contributed by atoms with Crippen molar-refractivity contribution in [2.24, 2.45) is 17.8 Å². The molecule has 0 aromatic carbocycles. The molecule has 2 saturated carbocycles. The van der Waals surface area contributed by atoms with Gasteiger partial charge in [-0.25, -0.2) is 13.1 Å². The highest BCUT2D eigenvalue weighted by Gasteiger charge is 2.70. The second kappa shape index (κ2) is 4.15. The molecule has 1 heterocycles. The fourth-order valence-corrected chi connectivity index (χ4v) is 6.88. The zero-order valence-electron chi connectivity index (χ0n) is 10.8. The maximum Gasteiger partial charge on any atom is 0.310 e. The quantitative estimate of drug-likeness (QED) is 0.493. The molecular formula is C10H15NO7S2. The average Bonchev–Trinajstić information content (AvgIpc) is 2.88. The normalized spacial score (nSPS) is 44.7. The first-order valence-electron chi connectivity index (χ1n) is 6.13. The van der Waals surface area contributed by atoms with Gasteiger partial charge < -0.3 is 4.74 Å². The Balaban J connectivity index is 2.02. The van der Waals surface area contributed by atoms with Crippen molar-refractivity contribution >= 4 is 26.1 Å². The molecule has 0 spiro atoms. The Morgan fingerprint density at radius 1 is 1.30 bits per heavy atom. The van der Waals surface area contributed by atoms with Gasteiger partial charge in [-0.15, -0.1) is 0 Å². The van der Waals surface area contributed by atoms with Crippen molar-refractivity contribution in [1.29, 1.82) is 0 Å². The molecule has 3 rings (SSSR count). The molecule has 0 amide bonds. The van der Waals surface area contributed by atoms with E-state index in [0.717, 1.165) is 6.26 Å². The molecule has 20 heavy (non-hydrogen) atoms. The second-order valence-electron chi connectivity index (χ2n) is 5.53. The summed E-state index contributed by atoms with van der Waals surface area (Å²) >= 11 is 0. The molecular weight excluding hydrogens is 310 g/mol. The average molecular weight is 325 g/mol. The third-order valence-corrected chi connectivity index (χ3v) is 6.97. The van der Waals surface area contributed by atoms with Gasteiger partial charge in [0.15, 0.2) is 0 Å². The van der Waals surface area contributed by atoms with Crippen LogP contribution >= 0.6 is 0 Å². The van der Waals surface area contributed by atoms with Crippen LogP contribution in [0.3, 0.4) is 0 Å². The lowest BCUT2D eigenvalue weighted by Gasteiger charge is -2.30. The molecule has 0 radical (unpaired) electrons. The van der Waals surface area contributed by atoms with E-state index in [-0.39, 0.29) is 5.92 Å². The summed E-state index contributed by atoms with van der Waals surface area (Å²) in [6, 6.07) is -0.578. The third-order valence-electron chi connectivity index (χ3n) is 4.44. The van der Waals surface area contributed by atoms with Gasteiger partial charge in [-0.1, -0.05) is 0 Å². The van der Waals surface area contributed by atoms with Gasteiger partial charge in [0.1, 0.15) is 0 Å². The smallest absolute Gasteiger partial charge is 0.310 e. The van der Waals surface area contributed by atoms with Gasteiger partial charge >= 0.3 is 5.97 Å². The lowest BCUT2D eigenvalue weighted by molar-refractivity contribution is -0.148. The van der Waals surface area contributed by atoms with E-state index in [1.165, 1.54) is 7.11 Å². The molecule has 10 heteroatoms. The van der Waals surface area contributed by atoms with E-state index in [2.05, 4.69) is 9.46 Å². The number of carbonyl (C=O) groups excluding carboxylic acids is 1. The lowest BCUT2D eigenvalue weighted by Crippen LogP contribution is -2.46. The predicted octanol–water partition coefficient (Wildman–Crippen LogP) is -1.56. The minimum absolute atomic E-state index is 0.305. The van der Waals surface area contributed by atoms with Crippen LogP contribution in [-0.4, -0.2) is 53.6 Å². The molecule has 6 atom stereocenters. The Morgan fingerprint density at radius 2 is 1.95 bits per heavy atom. The Morgan fingerprint density at radius 3 is 2.50 bits per heavy atom. The Labute approximate surface area is 117 Å². The molecule has 3 fully saturated rings. The number of hydrogen-bond donors (Lipinski definition) is 1. The van der Waals surface area contributed by atoms with Crippen LogP contribution in [0.15, 0.2) is 0 Å². The molecule has 114 valence electrons. The zero-order chi connectivity index (χ0) is 14.9. The van der Waals surface area contributed by atoms with E-state index in [0.29, 0.717) is 6.42 Å². The van der Waals surface area contributed by atoms with Crippen LogP contribution in [0, 0.1) is 17.8 Å². The van der Waals surface area contributed by atoms with Crippen molar-refractivity contribution in [1.82, 2.24) is 4.72 Å². The van der Waals surface area contributed by atoms with Gasteiger partial charge in [0.05, 0.1) is 36.7 Å². The van der Waals surface area contributed by atoms with E-state index >= 15 is 0 Å². The van der Waals surface area contributed by atoms with Gasteiger partial charge in [0.25, 0.3) is 10.1 Å². The fraction of sp³-hybridized carbons (Fsp3) is 0.900. The Hall–Kier alpha value is -0.710. The maximum atomic E-state index is 12.1. The van der Waals surface area contributed by atoms with E-state index < -0.39 is 55.3 Å². The minimum atomic E-state index is -3.73. The molecule has 1 aliphatic heterocycles. The molecule has 1 N–H and O–H groups in total. The monoisotopic (exact) mass is 325 g/mol. The first-order valence-corrected chi connectivity index (χ1v) is 9.49. The number of esters is 1. The van der Waals surface area contributed by atoms with Crippen molar-refractivity contribution < 1.29 is 30.6 Å². The number of ether oxygens (including phenoxy) is 1. The number of carbonyl (C=O) groups is 1. The summed E-state index contributed by atoms with van der Waals surface area (Å²) in [5.41, 5.74) is 0. The van der Waals surface area contributed by atoms with E-state index in [1.54, 1.807) is 0 Å². The van der Waals surface area contributed by atoms with E-state index in [4.69, 9.17) is 4.18 Å². The number of nitrogens with one attached hydrogen (secondary N) is 1. The number of methoxy groups -OCH3 is 1. The highest BCUT2D eigenvalue weighted by molar-refractivity contribution is 7.90. The van der Waals surface area contributed by atoms with Gasteiger partial charge in [0.2, 0.25) is 10.0 Å². The molecule has 2 aliphatic carbocycles. The van der Waals surface area contributed by atoms with Gasteiger partial charge in [-0.3, -0.25) is 8.98 Å². The summed E-state index contributed by atoms with van der Waals surface area (Å²) < 4.78 is 59.0. The number of sulfonamides is 1. The van der Waals surface area contributed by atoms with E-state index in [1.807, 2.05) is 0 Å². The summed E-state index contributed by atoms with van der Waals surface area (Å²) in [7, 11) is -6.20. The van der Waals surface area contributed by atoms with Crippen molar-refractivity contribution in [2.75, 3.05) is 13.4 Å². The largest absolute Gasteiger partial charge is 0.469 e. The molecule has 0 aromatic heterocycles. The maximum absolute atomic E-state index is 12.1. The van der Waals surface area contributed by atoms with Crippen LogP contribution in [0.5, 0.6) is 0 Å². The summed E-state index contributed by atoms with van der Waals surface area (Å²) in [5, 5.41) is -0.843. The minimum Gasteiger partial charge on any atom is -0.469 e. The molecule has 3 aliphatic rings. The highest BCUT2D eigenvalue weighted by Crippen LogP contribution is 2.56. The van der Waals surface area contributed by atoms with Crippen molar-refractivity contribution in [2.45, 2.75) is 23.8 Å². The molecule has 1 saturated heterocycles. The van der Waals surface area contributed by atoms with Crippen molar-refractivity contribution in [3.63, 3.8) is 0 Å². The van der Waals surface area contributed by atoms with E-state index in [9.17, 15) is 21.6 Å². The molecule has 2 bridgehead atoms. The van der Waals surface area contributed by atoms with Crippen LogP contribution in [0.25, 0.3) is 0 Å². The standard InChI is InChI=1S/C10H15NO7S2/c1-17-10(12)6-4-3-5-7(8(4)18-19(2,13)14)11-20(15,16)9(5)6/h4-9,11H,3H2,1-2H3. The zero-order valence-corrected chi connectivity index (χ0v) is 12.5. The number of fused-ring (bicyclic) bond motifs is 1. The van der Waals surface area contributed by atoms with Crippen molar-refractivity contribution in [3.8, 4) is 0 Å². The van der Waals surface area contributed by atoms with Gasteiger partial charge in [-0.2, -0.15) is 8.42 Å². The topological polar surface area (TPSA) is 116 Å². The van der Waals surface area contributed by atoms with Crippen LogP contribution in [-0.2, 0) is 33.9 Å². The third kappa shape index (κ3) is 1.89. The summed E-state index contributed by atoms with van der Waals surface area (Å²) in [6.45, 7) is 0. The van der Waals surface area contributed by atoms with Crippen LogP contribution in [0.4, 0.5) is 0 Å². The van der Waals surface area contributed by atoms with Gasteiger partial charge in [0, 0.05) is 5.92 Å². The van der Waals surface area contributed by atoms with Crippen molar-refractivity contribution in [3.05, 3.63) is 0 Å². The first-order chi connectivity index (χ1) is 9.15. The Bertz CT molecular complexity index is 655. The fourth-order valence-electron chi connectivity index (χ4n) is 3.93. The summed E-state index contributed by atoms with van der Waals surface area (Å²) in [4.78, 5) is 11.9. The summed E-state index contributed by atoms with van der Waals surface area (Å²) in [6.07, 6.45) is 0.516. The molecule has 0 aromatic rings. The Kier molecular flexibility index (Phi) is 2.96. The number of hydrogen-bond acceptors (Lipinski definition) is 7. The van der Waals surface area contributed by atoms with Crippen LogP contribution in [0.2, 0.25) is 0 Å². The van der Waals surface area contributed by atoms with Gasteiger partial charge in [-0.05, 0) is 12.3 Å². The summed E-state index contributed by atoms with van der Waals surface area (Å²) in [5.74, 6) is -2.26. The predicted molar refractivity (Wildman–Crippen MR) is 66.5 cm³/mol. The second-order valence-corrected chi connectivity index (χ2v) is 9.00. The molecule has 6 unspecified atom stereocenters.